The number of anilines is 1. The molecule has 0 saturated heterocycles. The Morgan fingerprint density at radius 2 is 1.93 bits per heavy atom. The molecule has 2 rings (SSSR count). The third kappa shape index (κ3) is 5.50. The maximum atomic E-state index is 13.5. The molecule has 0 aliphatic rings. The highest BCUT2D eigenvalue weighted by Gasteiger charge is 2.20. The lowest BCUT2D eigenvalue weighted by molar-refractivity contribution is -0.384. The fourth-order valence-corrected chi connectivity index (χ4v) is 2.48. The van der Waals surface area contributed by atoms with Crippen molar-refractivity contribution < 1.29 is 23.6 Å². The molecule has 8 nitrogen and oxygen atoms in total. The number of halogens is 1. The van der Waals surface area contributed by atoms with Crippen molar-refractivity contribution in [3.63, 3.8) is 0 Å². The molecular formula is C19H20FN3O5. The fraction of sp³-hybridized carbons (Fsp3) is 0.263. The van der Waals surface area contributed by atoms with Gasteiger partial charge in [0, 0.05) is 26.7 Å². The second kappa shape index (κ2) is 9.45. The van der Waals surface area contributed by atoms with Crippen LogP contribution in [-0.2, 0) is 16.0 Å². The standard InChI is InChI=1S/C19H20FN3O5/c1-22(2)16-8-7-14(11-17(16)23(26)27)19(25)28-12-18(24)21-10-9-13-5-3-4-6-15(13)20/h3-8,11H,9-10,12H2,1-2H3,(H,21,24). The van der Waals surface area contributed by atoms with E-state index < -0.39 is 23.4 Å². The van der Waals surface area contributed by atoms with Gasteiger partial charge in [-0.1, -0.05) is 18.2 Å². The first-order valence-electron chi connectivity index (χ1n) is 8.42. The molecule has 0 spiro atoms. The van der Waals surface area contributed by atoms with Crippen molar-refractivity contribution in [1.82, 2.24) is 5.32 Å². The van der Waals surface area contributed by atoms with Crippen LogP contribution in [0.15, 0.2) is 42.5 Å². The number of ether oxygens (including phenoxy) is 1. The average molecular weight is 389 g/mol. The van der Waals surface area contributed by atoms with Crippen LogP contribution < -0.4 is 10.2 Å². The third-order valence-electron chi connectivity index (χ3n) is 3.90. The van der Waals surface area contributed by atoms with Crippen LogP contribution >= 0.6 is 0 Å². The molecule has 0 unspecified atom stereocenters. The molecule has 9 heteroatoms. The predicted molar refractivity (Wildman–Crippen MR) is 101 cm³/mol. The maximum Gasteiger partial charge on any atom is 0.338 e. The van der Waals surface area contributed by atoms with E-state index in [4.69, 9.17) is 4.74 Å². The van der Waals surface area contributed by atoms with Gasteiger partial charge in [0.15, 0.2) is 6.61 Å². The van der Waals surface area contributed by atoms with E-state index in [1.807, 2.05) is 0 Å². The summed E-state index contributed by atoms with van der Waals surface area (Å²) >= 11 is 0. The zero-order valence-corrected chi connectivity index (χ0v) is 15.5. The van der Waals surface area contributed by atoms with Gasteiger partial charge in [0.2, 0.25) is 0 Å². The molecule has 1 N–H and O–H groups in total. The molecule has 0 aromatic heterocycles. The van der Waals surface area contributed by atoms with Crippen molar-refractivity contribution in [2.45, 2.75) is 6.42 Å². The summed E-state index contributed by atoms with van der Waals surface area (Å²) in [5.74, 6) is -1.76. The molecule has 2 aromatic carbocycles. The SMILES string of the molecule is CN(C)c1ccc(C(=O)OCC(=O)NCCc2ccccc2F)cc1[N+](=O)[O-]. The van der Waals surface area contributed by atoms with Crippen molar-refractivity contribution in [3.05, 3.63) is 69.5 Å². The number of carbonyl (C=O) groups excluding carboxylic acids is 2. The van der Waals surface area contributed by atoms with Crippen LogP contribution in [0.4, 0.5) is 15.8 Å². The van der Waals surface area contributed by atoms with Gasteiger partial charge in [0.25, 0.3) is 11.6 Å². The number of nitrogens with zero attached hydrogens (tertiary/aromatic N) is 2. The minimum Gasteiger partial charge on any atom is -0.452 e. The van der Waals surface area contributed by atoms with E-state index in [1.165, 1.54) is 18.2 Å². The zero-order chi connectivity index (χ0) is 20.7. The molecule has 0 atom stereocenters. The fourth-order valence-electron chi connectivity index (χ4n) is 2.48. The van der Waals surface area contributed by atoms with Crippen LogP contribution in [0.3, 0.4) is 0 Å². The lowest BCUT2D eigenvalue weighted by atomic mass is 10.1. The Bertz CT molecular complexity index is 886. The molecule has 0 radical (unpaired) electrons. The number of nitro groups is 1. The summed E-state index contributed by atoms with van der Waals surface area (Å²) in [6, 6.07) is 10.2. The summed E-state index contributed by atoms with van der Waals surface area (Å²) in [5, 5.41) is 13.7. The monoisotopic (exact) mass is 389 g/mol. The quantitative estimate of drug-likeness (QED) is 0.422. The van der Waals surface area contributed by atoms with Crippen molar-refractivity contribution in [2.24, 2.45) is 0 Å². The third-order valence-corrected chi connectivity index (χ3v) is 3.90. The molecule has 148 valence electrons. The van der Waals surface area contributed by atoms with Gasteiger partial charge in [-0.05, 0) is 30.2 Å². The maximum absolute atomic E-state index is 13.5. The van der Waals surface area contributed by atoms with Gasteiger partial charge in [-0.3, -0.25) is 14.9 Å². The van der Waals surface area contributed by atoms with Gasteiger partial charge in [-0.25, -0.2) is 9.18 Å². The highest BCUT2D eigenvalue weighted by molar-refractivity contribution is 5.93. The lowest BCUT2D eigenvalue weighted by Crippen LogP contribution is -2.30. The number of rotatable bonds is 8. The summed E-state index contributed by atoms with van der Waals surface area (Å²) in [7, 11) is 3.29. The van der Waals surface area contributed by atoms with E-state index in [-0.39, 0.29) is 23.6 Å². The highest BCUT2D eigenvalue weighted by atomic mass is 19.1. The van der Waals surface area contributed by atoms with E-state index in [9.17, 15) is 24.1 Å². The molecular weight excluding hydrogens is 369 g/mol. The summed E-state index contributed by atoms with van der Waals surface area (Å²) in [5.41, 5.74) is 0.533. The van der Waals surface area contributed by atoms with Gasteiger partial charge in [-0.15, -0.1) is 0 Å². The Labute approximate surface area is 161 Å². The zero-order valence-electron chi connectivity index (χ0n) is 15.5. The second-order valence-electron chi connectivity index (χ2n) is 6.12. The molecule has 0 aliphatic heterocycles. The molecule has 0 bridgehead atoms. The molecule has 2 aromatic rings. The minimum absolute atomic E-state index is 0.0311. The predicted octanol–water partition coefficient (Wildman–Crippen LogP) is 2.32. The summed E-state index contributed by atoms with van der Waals surface area (Å²) in [4.78, 5) is 36.0. The smallest absolute Gasteiger partial charge is 0.338 e. The number of esters is 1. The summed E-state index contributed by atoms with van der Waals surface area (Å²) in [6.07, 6.45) is 0.296. The van der Waals surface area contributed by atoms with E-state index in [0.717, 1.165) is 6.07 Å². The Morgan fingerprint density at radius 1 is 1.21 bits per heavy atom. The van der Waals surface area contributed by atoms with Crippen LogP contribution in [0.5, 0.6) is 0 Å². The number of nitrogens with one attached hydrogen (secondary N) is 1. The van der Waals surface area contributed by atoms with Crippen LogP contribution in [0.25, 0.3) is 0 Å². The highest BCUT2D eigenvalue weighted by Crippen LogP contribution is 2.27. The number of nitro benzene ring substituents is 1. The van der Waals surface area contributed by atoms with Crippen molar-refractivity contribution in [2.75, 3.05) is 32.1 Å². The van der Waals surface area contributed by atoms with Crippen LogP contribution in [0.2, 0.25) is 0 Å². The van der Waals surface area contributed by atoms with Crippen LogP contribution in [-0.4, -0.2) is 44.0 Å². The lowest BCUT2D eigenvalue weighted by Gasteiger charge is -2.13. The molecule has 0 saturated carbocycles. The van der Waals surface area contributed by atoms with Crippen molar-refractivity contribution >= 4 is 23.3 Å². The molecule has 1 amide bonds. The first-order valence-corrected chi connectivity index (χ1v) is 8.42. The number of carbonyl (C=O) groups is 2. The number of hydrogen-bond donors (Lipinski definition) is 1. The van der Waals surface area contributed by atoms with Crippen LogP contribution in [0.1, 0.15) is 15.9 Å². The number of hydrogen-bond acceptors (Lipinski definition) is 6. The first-order chi connectivity index (χ1) is 13.3. The van der Waals surface area contributed by atoms with Crippen molar-refractivity contribution in [3.8, 4) is 0 Å². The molecule has 0 heterocycles. The second-order valence-corrected chi connectivity index (χ2v) is 6.12. The van der Waals surface area contributed by atoms with E-state index >= 15 is 0 Å². The Hall–Kier alpha value is -3.49. The van der Waals surface area contributed by atoms with Gasteiger partial charge in [-0.2, -0.15) is 0 Å². The Balaban J connectivity index is 1.87. The normalized spacial score (nSPS) is 10.2. The molecule has 28 heavy (non-hydrogen) atoms. The van der Waals surface area contributed by atoms with Gasteiger partial charge >= 0.3 is 5.97 Å². The van der Waals surface area contributed by atoms with Gasteiger partial charge in [0.1, 0.15) is 11.5 Å². The van der Waals surface area contributed by atoms with Crippen molar-refractivity contribution in [1.29, 1.82) is 0 Å². The Morgan fingerprint density at radius 3 is 2.57 bits per heavy atom. The Kier molecular flexibility index (Phi) is 7.02. The molecule has 0 fully saturated rings. The van der Waals surface area contributed by atoms with Crippen LogP contribution in [0, 0.1) is 15.9 Å². The number of benzene rings is 2. The molecule has 0 aliphatic carbocycles. The largest absolute Gasteiger partial charge is 0.452 e. The van der Waals surface area contributed by atoms with E-state index in [0.29, 0.717) is 17.7 Å². The van der Waals surface area contributed by atoms with Gasteiger partial charge in [0.05, 0.1) is 10.5 Å². The van der Waals surface area contributed by atoms with E-state index in [1.54, 1.807) is 37.2 Å². The first kappa shape index (κ1) is 20.8. The topological polar surface area (TPSA) is 102 Å². The summed E-state index contributed by atoms with van der Waals surface area (Å²) in [6.45, 7) is -0.361. The van der Waals surface area contributed by atoms with Gasteiger partial charge < -0.3 is 15.0 Å². The van der Waals surface area contributed by atoms with E-state index in [2.05, 4.69) is 5.32 Å². The summed E-state index contributed by atoms with van der Waals surface area (Å²) < 4.78 is 18.4. The average Bonchev–Trinajstić information content (AvgIpc) is 2.67. The minimum atomic E-state index is -0.849. The number of amides is 1.